The lowest BCUT2D eigenvalue weighted by molar-refractivity contribution is -0.113. The van der Waals surface area contributed by atoms with E-state index in [2.05, 4.69) is 41.1 Å². The second-order valence-electron chi connectivity index (χ2n) is 7.62. The number of benzene rings is 2. The van der Waals surface area contributed by atoms with E-state index in [1.54, 1.807) is 37.3 Å². The summed E-state index contributed by atoms with van der Waals surface area (Å²) in [5.74, 6) is 0.975. The van der Waals surface area contributed by atoms with Crippen molar-refractivity contribution >= 4 is 29.3 Å². The third-order valence-corrected chi connectivity index (χ3v) is 5.91. The van der Waals surface area contributed by atoms with E-state index in [4.69, 9.17) is 9.47 Å². The molecule has 0 unspecified atom stereocenters. The van der Waals surface area contributed by atoms with Crippen molar-refractivity contribution in [3.8, 4) is 5.75 Å². The second-order valence-corrected chi connectivity index (χ2v) is 8.56. The highest BCUT2D eigenvalue weighted by Crippen LogP contribution is 2.20. The molecule has 2 aromatic carbocycles. The van der Waals surface area contributed by atoms with Gasteiger partial charge in [-0.15, -0.1) is 16.8 Å². The summed E-state index contributed by atoms with van der Waals surface area (Å²) in [5, 5.41) is 11.9. The minimum absolute atomic E-state index is 0.147. The average Bonchev–Trinajstić information content (AvgIpc) is 3.25. The SMILES string of the molecule is C=CCn1c(COc2ccc(CCC)cc2)nnc1SCC(=O)Nc1ccc(C(=O)OCC)cc1. The van der Waals surface area contributed by atoms with Crippen LogP contribution in [0.4, 0.5) is 5.69 Å². The van der Waals surface area contributed by atoms with Crippen LogP contribution < -0.4 is 10.1 Å². The quantitative estimate of drug-likeness (QED) is 0.205. The van der Waals surface area contributed by atoms with E-state index >= 15 is 0 Å². The van der Waals surface area contributed by atoms with E-state index in [1.165, 1.54) is 17.3 Å². The number of carbonyl (C=O) groups is 2. The molecule has 1 N–H and O–H groups in total. The number of ether oxygens (including phenoxy) is 2. The van der Waals surface area contributed by atoms with Crippen LogP contribution in [0, 0.1) is 0 Å². The number of anilines is 1. The van der Waals surface area contributed by atoms with Crippen molar-refractivity contribution < 1.29 is 19.1 Å². The van der Waals surface area contributed by atoms with Gasteiger partial charge in [-0.25, -0.2) is 4.79 Å². The van der Waals surface area contributed by atoms with Crippen LogP contribution in [0.3, 0.4) is 0 Å². The highest BCUT2D eigenvalue weighted by molar-refractivity contribution is 7.99. The number of rotatable bonds is 13. The van der Waals surface area contributed by atoms with Crippen molar-refractivity contribution in [2.75, 3.05) is 17.7 Å². The molecule has 0 fully saturated rings. The number of hydrogen-bond donors (Lipinski definition) is 1. The van der Waals surface area contributed by atoms with E-state index in [0.29, 0.717) is 35.4 Å². The largest absolute Gasteiger partial charge is 0.486 e. The lowest BCUT2D eigenvalue weighted by atomic mass is 10.1. The summed E-state index contributed by atoms with van der Waals surface area (Å²) < 4.78 is 12.7. The van der Waals surface area contributed by atoms with Gasteiger partial charge in [0, 0.05) is 12.2 Å². The highest BCUT2D eigenvalue weighted by Gasteiger charge is 2.15. The number of hydrogen-bond acceptors (Lipinski definition) is 7. The van der Waals surface area contributed by atoms with E-state index in [-0.39, 0.29) is 18.3 Å². The number of carbonyl (C=O) groups excluding carboxylic acids is 2. The van der Waals surface area contributed by atoms with Gasteiger partial charge in [0.1, 0.15) is 12.4 Å². The molecule has 0 spiro atoms. The average molecular weight is 495 g/mol. The smallest absolute Gasteiger partial charge is 0.338 e. The molecule has 3 rings (SSSR count). The normalized spacial score (nSPS) is 10.6. The Labute approximate surface area is 209 Å². The Bertz CT molecular complexity index is 1130. The maximum Gasteiger partial charge on any atom is 0.338 e. The molecule has 1 heterocycles. The van der Waals surface area contributed by atoms with E-state index in [1.807, 2.05) is 16.7 Å². The van der Waals surface area contributed by atoms with Crippen LogP contribution >= 0.6 is 11.8 Å². The third-order valence-electron chi connectivity index (χ3n) is 4.95. The molecule has 0 saturated carbocycles. The number of nitrogens with one attached hydrogen (secondary N) is 1. The summed E-state index contributed by atoms with van der Waals surface area (Å²) in [5.41, 5.74) is 2.31. The van der Waals surface area contributed by atoms with Crippen LogP contribution in [0.25, 0.3) is 0 Å². The van der Waals surface area contributed by atoms with Crippen molar-refractivity contribution in [2.24, 2.45) is 0 Å². The first-order chi connectivity index (χ1) is 17.0. The number of allylic oxidation sites excluding steroid dienone is 1. The van der Waals surface area contributed by atoms with Crippen molar-refractivity contribution in [3.05, 3.63) is 78.1 Å². The summed E-state index contributed by atoms with van der Waals surface area (Å²) in [6.07, 6.45) is 3.90. The van der Waals surface area contributed by atoms with Crippen LogP contribution in [0.2, 0.25) is 0 Å². The Morgan fingerprint density at radius 1 is 1.09 bits per heavy atom. The number of amides is 1. The molecule has 8 nitrogen and oxygen atoms in total. The zero-order valence-electron chi connectivity index (χ0n) is 20.0. The minimum Gasteiger partial charge on any atom is -0.486 e. The molecule has 35 heavy (non-hydrogen) atoms. The molecular weight excluding hydrogens is 464 g/mol. The summed E-state index contributed by atoms with van der Waals surface area (Å²) >= 11 is 1.28. The highest BCUT2D eigenvalue weighted by atomic mass is 32.2. The summed E-state index contributed by atoms with van der Waals surface area (Å²) in [6.45, 7) is 8.78. The number of esters is 1. The van der Waals surface area contributed by atoms with Crippen LogP contribution in [0.5, 0.6) is 5.75 Å². The Hall–Kier alpha value is -3.59. The molecule has 3 aromatic rings. The van der Waals surface area contributed by atoms with Gasteiger partial charge >= 0.3 is 5.97 Å². The van der Waals surface area contributed by atoms with Crippen LogP contribution in [0.15, 0.2) is 66.3 Å². The first-order valence-electron chi connectivity index (χ1n) is 11.5. The molecule has 0 aliphatic rings. The van der Waals surface area contributed by atoms with Crippen LogP contribution in [-0.4, -0.2) is 39.0 Å². The Morgan fingerprint density at radius 2 is 1.83 bits per heavy atom. The molecule has 0 saturated heterocycles. The topological polar surface area (TPSA) is 95.3 Å². The van der Waals surface area contributed by atoms with Crippen molar-refractivity contribution in [1.29, 1.82) is 0 Å². The molecule has 0 atom stereocenters. The first kappa shape index (κ1) is 26.0. The zero-order valence-corrected chi connectivity index (χ0v) is 20.8. The van der Waals surface area contributed by atoms with Gasteiger partial charge in [-0.2, -0.15) is 0 Å². The molecule has 184 valence electrons. The van der Waals surface area contributed by atoms with Gasteiger partial charge in [-0.3, -0.25) is 9.36 Å². The Kier molecular flexibility index (Phi) is 9.92. The minimum atomic E-state index is -0.393. The van der Waals surface area contributed by atoms with Crippen molar-refractivity contribution in [1.82, 2.24) is 14.8 Å². The zero-order chi connectivity index (χ0) is 25.0. The Balaban J connectivity index is 1.55. The maximum atomic E-state index is 12.4. The standard InChI is InChI=1S/C26H30N4O4S/c1-4-7-19-8-14-22(15-9-19)34-17-23-28-29-26(30(23)16-5-2)35-18-24(31)27-21-12-10-20(11-13-21)25(32)33-6-3/h5,8-15H,2,4,6-7,16-18H2,1,3H3,(H,27,31). The second kappa shape index (κ2) is 13.3. The predicted molar refractivity (Wildman–Crippen MR) is 137 cm³/mol. The van der Waals surface area contributed by atoms with Gasteiger partial charge in [-0.05, 0) is 55.3 Å². The first-order valence-corrected chi connectivity index (χ1v) is 12.5. The van der Waals surface area contributed by atoms with Gasteiger partial charge < -0.3 is 14.8 Å². The predicted octanol–water partition coefficient (Wildman–Crippen LogP) is 4.90. The molecule has 9 heteroatoms. The molecule has 0 aliphatic heterocycles. The fourth-order valence-corrected chi connectivity index (χ4v) is 4.03. The molecule has 1 aromatic heterocycles. The van der Waals surface area contributed by atoms with E-state index in [0.717, 1.165) is 18.6 Å². The Morgan fingerprint density at radius 3 is 2.49 bits per heavy atom. The third kappa shape index (κ3) is 7.71. The van der Waals surface area contributed by atoms with Gasteiger partial charge in [0.15, 0.2) is 11.0 Å². The van der Waals surface area contributed by atoms with Crippen LogP contribution in [0.1, 0.15) is 42.0 Å². The van der Waals surface area contributed by atoms with Gasteiger partial charge in [-0.1, -0.05) is 43.3 Å². The monoisotopic (exact) mass is 494 g/mol. The van der Waals surface area contributed by atoms with Gasteiger partial charge in [0.05, 0.1) is 17.9 Å². The molecule has 0 bridgehead atoms. The number of nitrogens with zero attached hydrogens (tertiary/aromatic N) is 3. The lowest BCUT2D eigenvalue weighted by Gasteiger charge is -2.10. The molecular formula is C26H30N4O4S. The van der Waals surface area contributed by atoms with E-state index in [9.17, 15) is 9.59 Å². The number of aromatic nitrogens is 3. The number of thioether (sulfide) groups is 1. The molecule has 0 aliphatic carbocycles. The summed E-state index contributed by atoms with van der Waals surface area (Å²) in [7, 11) is 0. The van der Waals surface area contributed by atoms with Gasteiger partial charge in [0.2, 0.25) is 5.91 Å². The van der Waals surface area contributed by atoms with E-state index < -0.39 is 5.97 Å². The van der Waals surface area contributed by atoms with Crippen molar-refractivity contribution in [2.45, 2.75) is 45.0 Å². The van der Waals surface area contributed by atoms with Gasteiger partial charge in [0.25, 0.3) is 0 Å². The molecule has 0 radical (unpaired) electrons. The number of aryl methyl sites for hydroxylation is 1. The summed E-state index contributed by atoms with van der Waals surface area (Å²) in [4.78, 5) is 24.2. The maximum absolute atomic E-state index is 12.4. The summed E-state index contributed by atoms with van der Waals surface area (Å²) in [6, 6.07) is 14.6. The fraction of sp³-hybridized carbons (Fsp3) is 0.308. The molecule has 1 amide bonds. The lowest BCUT2D eigenvalue weighted by Crippen LogP contribution is -2.15. The van der Waals surface area contributed by atoms with Crippen LogP contribution in [-0.2, 0) is 29.1 Å². The van der Waals surface area contributed by atoms with Crippen molar-refractivity contribution in [3.63, 3.8) is 0 Å². The fourth-order valence-electron chi connectivity index (χ4n) is 3.27.